The fraction of sp³-hybridized carbons (Fsp3) is 0.350. The molecule has 1 aliphatic rings. The lowest BCUT2D eigenvalue weighted by Crippen LogP contribution is -2.29. The van der Waals surface area contributed by atoms with Crippen LogP contribution in [0.3, 0.4) is 0 Å². The van der Waals surface area contributed by atoms with Crippen LogP contribution in [0.4, 0.5) is 14.5 Å². The van der Waals surface area contributed by atoms with Crippen LogP contribution < -0.4 is 4.90 Å². The summed E-state index contributed by atoms with van der Waals surface area (Å²) in [4.78, 5) is 2.43. The second-order valence-electron chi connectivity index (χ2n) is 13.4. The second-order valence-corrected chi connectivity index (χ2v) is 15.0. The van der Waals surface area contributed by atoms with Gasteiger partial charge < -0.3 is 4.90 Å². The van der Waals surface area contributed by atoms with Crippen molar-refractivity contribution in [1.29, 1.82) is 0 Å². The molecule has 1 saturated carbocycles. The lowest BCUT2D eigenvalue weighted by Gasteiger charge is -2.32. The molecular formula is C40H47ClF2N2S. The lowest BCUT2D eigenvalue weighted by atomic mass is 9.84. The van der Waals surface area contributed by atoms with E-state index in [-0.39, 0.29) is 22.3 Å². The van der Waals surface area contributed by atoms with Gasteiger partial charge in [-0.25, -0.2) is 13.1 Å². The van der Waals surface area contributed by atoms with Gasteiger partial charge in [-0.05, 0) is 115 Å². The first-order valence-corrected chi connectivity index (χ1v) is 17.1. The normalized spacial score (nSPS) is 14.3. The minimum absolute atomic E-state index is 0.0226. The van der Waals surface area contributed by atoms with E-state index in [2.05, 4.69) is 88.2 Å². The summed E-state index contributed by atoms with van der Waals surface area (Å²) in [6.45, 7) is 22.0. The fourth-order valence-corrected chi connectivity index (χ4v) is 6.38. The molecule has 1 aliphatic carbocycles. The highest BCUT2D eigenvalue weighted by atomic mass is 35.5. The minimum atomic E-state index is -0.526. The number of hydrogen-bond acceptors (Lipinski definition) is 3. The second kappa shape index (κ2) is 15.6. The first-order chi connectivity index (χ1) is 21.7. The number of anilines is 1. The summed E-state index contributed by atoms with van der Waals surface area (Å²) in [5.74, 6) is -0.286. The number of hydrogen-bond donors (Lipinski definition) is 0. The summed E-state index contributed by atoms with van der Waals surface area (Å²) in [5, 5.41) is 0.642. The van der Waals surface area contributed by atoms with Gasteiger partial charge in [-0.1, -0.05) is 100 Å². The smallest absolute Gasteiger partial charge is 0.140 e. The number of allylic oxidation sites excluding steroid dienone is 4. The molecule has 0 saturated heterocycles. The zero-order chi connectivity index (χ0) is 33.6. The van der Waals surface area contributed by atoms with Crippen LogP contribution in [0.1, 0.15) is 87.6 Å². The summed E-state index contributed by atoms with van der Waals surface area (Å²) in [7, 11) is 0. The van der Waals surface area contributed by atoms with E-state index in [1.165, 1.54) is 53.1 Å². The standard InChI is InChI=1S/C40H47ClF2N2S/c1-9-36(42)23-38(39(43)27(2)3)46-44(25-30-12-16-35(41)17-13-30)24-29(5)45(37-18-10-28(4)11-19-37)26-31-20-33(32-14-15-32)22-34(21-31)40(6,7)8/h10-13,16-23,32H,2,5,9,14-15,24-26H2,1,3-4,6-8H3/b36-23?,39-38-. The molecule has 0 heterocycles. The van der Waals surface area contributed by atoms with Crippen LogP contribution in [-0.4, -0.2) is 10.8 Å². The van der Waals surface area contributed by atoms with Gasteiger partial charge in [0.1, 0.15) is 11.7 Å². The van der Waals surface area contributed by atoms with Crippen LogP contribution in [0.25, 0.3) is 0 Å². The van der Waals surface area contributed by atoms with Crippen molar-refractivity contribution in [3.8, 4) is 0 Å². The van der Waals surface area contributed by atoms with Crippen molar-refractivity contribution >= 4 is 29.2 Å². The molecule has 0 aromatic heterocycles. The predicted octanol–water partition coefficient (Wildman–Crippen LogP) is 12.5. The Kier molecular flexibility index (Phi) is 12.2. The van der Waals surface area contributed by atoms with Gasteiger partial charge in [0.2, 0.25) is 0 Å². The van der Waals surface area contributed by atoms with Crippen molar-refractivity contribution in [2.24, 2.45) is 0 Å². The van der Waals surface area contributed by atoms with E-state index in [0.717, 1.165) is 16.9 Å². The Hall–Kier alpha value is -3.12. The maximum absolute atomic E-state index is 15.4. The van der Waals surface area contributed by atoms with Crippen LogP contribution in [0.2, 0.25) is 5.02 Å². The van der Waals surface area contributed by atoms with Crippen LogP contribution in [0.5, 0.6) is 0 Å². The molecule has 2 nitrogen and oxygen atoms in total. The maximum atomic E-state index is 15.4. The number of aryl methyl sites for hydroxylation is 1. The Balaban J connectivity index is 1.73. The van der Waals surface area contributed by atoms with Crippen LogP contribution in [-0.2, 0) is 18.5 Å². The van der Waals surface area contributed by atoms with Crippen molar-refractivity contribution in [1.82, 2.24) is 4.31 Å². The van der Waals surface area contributed by atoms with E-state index in [0.29, 0.717) is 30.6 Å². The predicted molar refractivity (Wildman–Crippen MR) is 196 cm³/mol. The Labute approximate surface area is 284 Å². The van der Waals surface area contributed by atoms with Crippen LogP contribution in [0.15, 0.2) is 114 Å². The Morgan fingerprint density at radius 3 is 2.17 bits per heavy atom. The van der Waals surface area contributed by atoms with Crippen molar-refractivity contribution in [3.63, 3.8) is 0 Å². The molecule has 0 unspecified atom stereocenters. The van der Waals surface area contributed by atoms with Crippen molar-refractivity contribution in [2.75, 3.05) is 11.4 Å². The molecule has 0 spiro atoms. The highest BCUT2D eigenvalue weighted by Gasteiger charge is 2.27. The molecule has 0 bridgehead atoms. The third kappa shape index (κ3) is 10.2. The van der Waals surface area contributed by atoms with E-state index in [1.807, 2.05) is 28.6 Å². The maximum Gasteiger partial charge on any atom is 0.140 e. The summed E-state index contributed by atoms with van der Waals surface area (Å²) in [6.07, 6.45) is 3.93. The third-order valence-corrected chi connectivity index (χ3v) is 9.34. The van der Waals surface area contributed by atoms with Gasteiger partial charge in [0.25, 0.3) is 0 Å². The Morgan fingerprint density at radius 2 is 1.61 bits per heavy atom. The molecule has 0 amide bonds. The summed E-state index contributed by atoms with van der Waals surface area (Å²) in [6, 6.07) is 23.1. The molecular weight excluding hydrogens is 614 g/mol. The van der Waals surface area contributed by atoms with Crippen LogP contribution >= 0.6 is 23.5 Å². The monoisotopic (exact) mass is 660 g/mol. The van der Waals surface area contributed by atoms with E-state index in [1.54, 1.807) is 13.8 Å². The topological polar surface area (TPSA) is 6.48 Å². The molecule has 1 fully saturated rings. The lowest BCUT2D eigenvalue weighted by molar-refractivity contribution is 0.498. The first kappa shape index (κ1) is 35.7. The van der Waals surface area contributed by atoms with E-state index < -0.39 is 11.7 Å². The van der Waals surface area contributed by atoms with Gasteiger partial charge in [-0.15, -0.1) is 0 Å². The quantitative estimate of drug-likeness (QED) is 0.125. The SMILES string of the molecule is C=C(C)/C(F)=C(\C=C(F)CC)SN(CC(=C)N(Cc1cc(C2CC2)cc(C(C)(C)C)c1)c1ccc(C)cc1)Cc1ccc(Cl)cc1. The number of benzene rings is 3. The zero-order valence-corrected chi connectivity index (χ0v) is 29.7. The van der Waals surface area contributed by atoms with Gasteiger partial charge in [-0.2, -0.15) is 0 Å². The molecule has 4 rings (SSSR count). The average Bonchev–Trinajstić information content (AvgIpc) is 3.86. The van der Waals surface area contributed by atoms with Crippen LogP contribution in [0, 0.1) is 6.92 Å². The van der Waals surface area contributed by atoms with E-state index in [9.17, 15) is 4.39 Å². The van der Waals surface area contributed by atoms with Gasteiger partial charge in [0.05, 0.1) is 4.91 Å². The summed E-state index contributed by atoms with van der Waals surface area (Å²) < 4.78 is 32.0. The summed E-state index contributed by atoms with van der Waals surface area (Å²) >= 11 is 7.36. The molecule has 3 aromatic carbocycles. The number of nitrogens with zero attached hydrogens (tertiary/aromatic N) is 2. The van der Waals surface area contributed by atoms with Gasteiger partial charge in [0, 0.05) is 36.0 Å². The highest BCUT2D eigenvalue weighted by molar-refractivity contribution is 8.01. The molecule has 6 heteroatoms. The number of halogens is 3. The molecule has 3 aromatic rings. The molecule has 46 heavy (non-hydrogen) atoms. The average molecular weight is 661 g/mol. The first-order valence-electron chi connectivity index (χ1n) is 16.0. The van der Waals surface area contributed by atoms with E-state index in [4.69, 9.17) is 11.6 Å². The van der Waals surface area contributed by atoms with Crippen molar-refractivity contribution < 1.29 is 8.78 Å². The van der Waals surface area contributed by atoms with Gasteiger partial charge >= 0.3 is 0 Å². The number of rotatable bonds is 14. The van der Waals surface area contributed by atoms with E-state index >= 15 is 4.39 Å². The Morgan fingerprint density at radius 1 is 0.957 bits per heavy atom. The minimum Gasteiger partial charge on any atom is -0.340 e. The molecule has 0 aliphatic heterocycles. The zero-order valence-electron chi connectivity index (χ0n) is 28.1. The fourth-order valence-electron chi connectivity index (χ4n) is 5.11. The molecule has 244 valence electrons. The van der Waals surface area contributed by atoms with Crippen molar-refractivity contribution in [2.45, 2.75) is 85.2 Å². The molecule has 0 atom stereocenters. The molecule has 0 radical (unpaired) electrons. The Bertz CT molecular complexity index is 1600. The van der Waals surface area contributed by atoms with Gasteiger partial charge in [0.15, 0.2) is 0 Å². The van der Waals surface area contributed by atoms with Gasteiger partial charge in [-0.3, -0.25) is 0 Å². The van der Waals surface area contributed by atoms with Crippen molar-refractivity contribution in [3.05, 3.63) is 147 Å². The molecule has 0 N–H and O–H groups in total. The third-order valence-electron chi connectivity index (χ3n) is 8.07. The highest BCUT2D eigenvalue weighted by Crippen LogP contribution is 2.42. The summed E-state index contributed by atoms with van der Waals surface area (Å²) in [5.41, 5.74) is 8.28. The largest absolute Gasteiger partial charge is 0.340 e.